The number of thiophene rings is 1. The van der Waals surface area contributed by atoms with E-state index in [0.717, 1.165) is 27.5 Å². The fraction of sp³-hybridized carbons (Fsp3) is 0.111. The van der Waals surface area contributed by atoms with Crippen molar-refractivity contribution in [2.45, 2.75) is 6.92 Å². The molecule has 0 radical (unpaired) electrons. The lowest BCUT2D eigenvalue weighted by atomic mass is 10.0. The van der Waals surface area contributed by atoms with Gasteiger partial charge in [-0.05, 0) is 41.5 Å². The molecule has 4 heteroatoms. The first-order valence-electron chi connectivity index (χ1n) is 6.98. The summed E-state index contributed by atoms with van der Waals surface area (Å²) in [6.07, 6.45) is 0.867. The Balaban J connectivity index is 2.00. The molecule has 2 aromatic carbocycles. The van der Waals surface area contributed by atoms with Crippen molar-refractivity contribution in [3.8, 4) is 10.4 Å². The summed E-state index contributed by atoms with van der Waals surface area (Å²) in [5.41, 5.74) is 1.71. The highest BCUT2D eigenvalue weighted by Crippen LogP contribution is 2.31. The van der Waals surface area contributed by atoms with Gasteiger partial charge in [0.05, 0.1) is 6.61 Å². The number of aldehydes is 1. The topological polar surface area (TPSA) is 43.4 Å². The molecule has 1 heterocycles. The molecular weight excluding hydrogens is 296 g/mol. The smallest absolute Gasteiger partial charge is 0.348 e. The number of carbonyl (C=O) groups excluding carboxylic acids is 2. The normalized spacial score (nSPS) is 10.6. The van der Waals surface area contributed by atoms with Crippen molar-refractivity contribution in [1.29, 1.82) is 0 Å². The van der Waals surface area contributed by atoms with Crippen LogP contribution < -0.4 is 0 Å². The lowest BCUT2D eigenvalue weighted by Crippen LogP contribution is -2.01. The van der Waals surface area contributed by atoms with E-state index in [2.05, 4.69) is 0 Å². The molecule has 0 spiro atoms. The number of benzene rings is 2. The third-order valence-electron chi connectivity index (χ3n) is 3.41. The van der Waals surface area contributed by atoms with E-state index in [4.69, 9.17) is 4.74 Å². The maximum atomic E-state index is 11.7. The molecular formula is C18H14O3S. The molecule has 0 saturated heterocycles. The number of ether oxygens (including phenoxy) is 1. The lowest BCUT2D eigenvalue weighted by molar-refractivity contribution is 0.0532. The molecule has 110 valence electrons. The third-order valence-corrected chi connectivity index (χ3v) is 4.52. The zero-order valence-corrected chi connectivity index (χ0v) is 12.9. The number of fused-ring (bicyclic) bond motifs is 1. The van der Waals surface area contributed by atoms with Gasteiger partial charge in [0.15, 0.2) is 6.29 Å². The molecule has 0 aliphatic heterocycles. The van der Waals surface area contributed by atoms with E-state index in [9.17, 15) is 9.59 Å². The van der Waals surface area contributed by atoms with E-state index in [1.165, 1.54) is 11.3 Å². The zero-order valence-electron chi connectivity index (χ0n) is 12.0. The van der Waals surface area contributed by atoms with Gasteiger partial charge >= 0.3 is 5.97 Å². The lowest BCUT2D eigenvalue weighted by Gasteiger charge is -2.04. The standard InChI is InChI=1S/C18H14O3S/c1-2-21-18(20)17-9-8-16(22-17)13-6-7-15-12(10-13)4-3-5-14(15)11-19/h3-11H,2H2,1H3. The van der Waals surface area contributed by atoms with Crippen molar-refractivity contribution in [3.05, 3.63) is 59.0 Å². The first-order chi connectivity index (χ1) is 10.7. The van der Waals surface area contributed by atoms with Crippen LogP contribution in [-0.2, 0) is 4.74 Å². The molecule has 0 fully saturated rings. The van der Waals surface area contributed by atoms with Gasteiger partial charge < -0.3 is 4.74 Å². The molecule has 0 unspecified atom stereocenters. The van der Waals surface area contributed by atoms with E-state index in [0.29, 0.717) is 17.0 Å². The van der Waals surface area contributed by atoms with Crippen LogP contribution in [-0.4, -0.2) is 18.9 Å². The highest BCUT2D eigenvalue weighted by atomic mass is 32.1. The molecule has 0 aliphatic rings. The third kappa shape index (κ3) is 2.65. The molecule has 3 nitrogen and oxygen atoms in total. The molecule has 0 saturated carbocycles. The first kappa shape index (κ1) is 14.5. The molecule has 0 N–H and O–H groups in total. The Labute approximate surface area is 132 Å². The van der Waals surface area contributed by atoms with Gasteiger partial charge in [0, 0.05) is 10.4 Å². The highest BCUT2D eigenvalue weighted by Gasteiger charge is 2.11. The summed E-state index contributed by atoms with van der Waals surface area (Å²) in [7, 11) is 0. The predicted octanol–water partition coefficient (Wildman–Crippen LogP) is 4.56. The van der Waals surface area contributed by atoms with Gasteiger partial charge in [-0.1, -0.05) is 30.3 Å². The van der Waals surface area contributed by atoms with Crippen LogP contribution >= 0.6 is 11.3 Å². The van der Waals surface area contributed by atoms with E-state index in [1.54, 1.807) is 19.1 Å². The van der Waals surface area contributed by atoms with Crippen LogP contribution in [0.2, 0.25) is 0 Å². The molecule has 22 heavy (non-hydrogen) atoms. The van der Waals surface area contributed by atoms with Gasteiger partial charge in [0.25, 0.3) is 0 Å². The molecule has 0 amide bonds. The minimum absolute atomic E-state index is 0.289. The molecule has 0 bridgehead atoms. The number of hydrogen-bond acceptors (Lipinski definition) is 4. The summed E-state index contributed by atoms with van der Waals surface area (Å²) in [5.74, 6) is -0.289. The Kier molecular flexibility index (Phi) is 4.02. The number of hydrogen-bond donors (Lipinski definition) is 0. The van der Waals surface area contributed by atoms with E-state index >= 15 is 0 Å². The SMILES string of the molecule is CCOC(=O)c1ccc(-c2ccc3c(C=O)cccc3c2)s1. The fourth-order valence-electron chi connectivity index (χ4n) is 2.37. The van der Waals surface area contributed by atoms with Gasteiger partial charge in [-0.2, -0.15) is 0 Å². The monoisotopic (exact) mass is 310 g/mol. The van der Waals surface area contributed by atoms with Crippen molar-refractivity contribution in [1.82, 2.24) is 0 Å². The Hall–Kier alpha value is -2.46. The second-order valence-corrected chi connectivity index (χ2v) is 5.87. The van der Waals surface area contributed by atoms with E-state index < -0.39 is 0 Å². The Morgan fingerprint density at radius 2 is 2.05 bits per heavy atom. The van der Waals surface area contributed by atoms with Gasteiger partial charge in [0.2, 0.25) is 0 Å². The molecule has 3 rings (SSSR count). The number of carbonyl (C=O) groups is 2. The summed E-state index contributed by atoms with van der Waals surface area (Å²) in [6, 6.07) is 15.3. The quantitative estimate of drug-likeness (QED) is 0.524. The molecule has 0 atom stereocenters. The number of esters is 1. The Morgan fingerprint density at radius 1 is 1.18 bits per heavy atom. The van der Waals surface area contributed by atoms with Crippen molar-refractivity contribution in [2.75, 3.05) is 6.61 Å². The average molecular weight is 310 g/mol. The van der Waals surface area contributed by atoms with Crippen LogP contribution in [0.5, 0.6) is 0 Å². The van der Waals surface area contributed by atoms with Crippen molar-refractivity contribution in [3.63, 3.8) is 0 Å². The summed E-state index contributed by atoms with van der Waals surface area (Å²) >= 11 is 1.41. The van der Waals surface area contributed by atoms with Gasteiger partial charge in [-0.25, -0.2) is 4.79 Å². The Bertz CT molecular complexity index is 848. The van der Waals surface area contributed by atoms with Crippen molar-refractivity contribution in [2.24, 2.45) is 0 Å². The second kappa shape index (κ2) is 6.12. The van der Waals surface area contributed by atoms with Crippen LogP contribution in [0.25, 0.3) is 21.2 Å². The molecule has 3 aromatic rings. The van der Waals surface area contributed by atoms with Gasteiger partial charge in [-0.15, -0.1) is 11.3 Å². The summed E-state index contributed by atoms with van der Waals surface area (Å²) < 4.78 is 5.01. The summed E-state index contributed by atoms with van der Waals surface area (Å²) in [5, 5.41) is 1.94. The average Bonchev–Trinajstić information content (AvgIpc) is 3.04. The maximum absolute atomic E-state index is 11.7. The second-order valence-electron chi connectivity index (χ2n) is 4.79. The molecule has 1 aromatic heterocycles. The van der Waals surface area contributed by atoms with E-state index in [-0.39, 0.29) is 5.97 Å². The summed E-state index contributed by atoms with van der Waals surface area (Å²) in [6.45, 7) is 2.16. The van der Waals surface area contributed by atoms with Crippen LogP contribution in [0.15, 0.2) is 48.5 Å². The number of rotatable bonds is 4. The molecule has 0 aliphatic carbocycles. The maximum Gasteiger partial charge on any atom is 0.348 e. The highest BCUT2D eigenvalue weighted by molar-refractivity contribution is 7.17. The van der Waals surface area contributed by atoms with Crippen LogP contribution in [0, 0.1) is 0 Å². The summed E-state index contributed by atoms with van der Waals surface area (Å²) in [4.78, 5) is 24.4. The van der Waals surface area contributed by atoms with Crippen molar-refractivity contribution < 1.29 is 14.3 Å². The van der Waals surface area contributed by atoms with Crippen LogP contribution in [0.1, 0.15) is 27.0 Å². The fourth-order valence-corrected chi connectivity index (χ4v) is 3.27. The predicted molar refractivity (Wildman–Crippen MR) is 88.6 cm³/mol. The van der Waals surface area contributed by atoms with Gasteiger partial charge in [-0.3, -0.25) is 4.79 Å². The van der Waals surface area contributed by atoms with Crippen LogP contribution in [0.3, 0.4) is 0 Å². The minimum Gasteiger partial charge on any atom is -0.462 e. The van der Waals surface area contributed by atoms with Crippen molar-refractivity contribution >= 4 is 34.4 Å². The van der Waals surface area contributed by atoms with Gasteiger partial charge in [0.1, 0.15) is 4.88 Å². The minimum atomic E-state index is -0.289. The van der Waals surface area contributed by atoms with Crippen LogP contribution in [0.4, 0.5) is 0 Å². The Morgan fingerprint density at radius 3 is 2.82 bits per heavy atom. The largest absolute Gasteiger partial charge is 0.462 e. The zero-order chi connectivity index (χ0) is 15.5. The first-order valence-corrected chi connectivity index (χ1v) is 7.80. The van der Waals surface area contributed by atoms with E-state index in [1.807, 2.05) is 36.4 Å².